The second-order valence-corrected chi connectivity index (χ2v) is 7.41. The molecule has 1 spiro atoms. The second kappa shape index (κ2) is 7.41. The minimum absolute atomic E-state index is 0.0908. The Balaban J connectivity index is 2.06. The first-order chi connectivity index (χ1) is 11.7. The van der Waals surface area contributed by atoms with Crippen molar-refractivity contribution in [2.75, 3.05) is 13.6 Å². The summed E-state index contributed by atoms with van der Waals surface area (Å²) in [5.41, 5.74) is -0.834. The second-order valence-electron chi connectivity index (χ2n) is 7.41. The first-order valence-corrected chi connectivity index (χ1v) is 8.81. The standard InChI is InChI=1S/C17H27N3O5/c1-11(2)9-12(14(22)23)18-13(21)10-20-15(24)17(19(3)16(20)25)7-5-4-6-8-17/h11-12H,4-10H2,1-3H3,(H,18,21)(H,22,23). The number of hydrogen-bond donors (Lipinski definition) is 2. The lowest BCUT2D eigenvalue weighted by Crippen LogP contribution is -2.50. The van der Waals surface area contributed by atoms with Crippen molar-refractivity contribution in [1.82, 2.24) is 15.1 Å². The molecule has 2 rings (SSSR count). The molecule has 0 radical (unpaired) electrons. The van der Waals surface area contributed by atoms with Crippen molar-refractivity contribution in [1.29, 1.82) is 0 Å². The van der Waals surface area contributed by atoms with E-state index in [1.807, 2.05) is 13.8 Å². The van der Waals surface area contributed by atoms with Crippen LogP contribution < -0.4 is 5.32 Å². The summed E-state index contributed by atoms with van der Waals surface area (Å²) < 4.78 is 0. The van der Waals surface area contributed by atoms with Gasteiger partial charge in [0, 0.05) is 7.05 Å². The Morgan fingerprint density at radius 3 is 2.32 bits per heavy atom. The zero-order valence-corrected chi connectivity index (χ0v) is 15.1. The van der Waals surface area contributed by atoms with Gasteiger partial charge in [0.2, 0.25) is 5.91 Å². The number of nitrogens with one attached hydrogen (secondary N) is 1. The predicted molar refractivity (Wildman–Crippen MR) is 89.7 cm³/mol. The average molecular weight is 353 g/mol. The highest BCUT2D eigenvalue weighted by atomic mass is 16.4. The third-order valence-corrected chi connectivity index (χ3v) is 5.13. The molecule has 1 atom stereocenters. The Morgan fingerprint density at radius 2 is 1.80 bits per heavy atom. The molecule has 1 saturated carbocycles. The lowest BCUT2D eigenvalue weighted by Gasteiger charge is -2.35. The summed E-state index contributed by atoms with van der Waals surface area (Å²) in [6.07, 6.45) is 4.28. The number of rotatable bonds is 6. The number of aliphatic carboxylic acids is 1. The normalized spacial score (nSPS) is 21.1. The van der Waals surface area contributed by atoms with E-state index in [1.165, 1.54) is 4.90 Å². The molecular formula is C17H27N3O5. The molecule has 4 amide bonds. The van der Waals surface area contributed by atoms with Gasteiger partial charge in [-0.3, -0.25) is 14.5 Å². The van der Waals surface area contributed by atoms with Gasteiger partial charge in [-0.05, 0) is 25.2 Å². The number of carboxylic acids is 1. The number of imide groups is 1. The Kier molecular flexibility index (Phi) is 5.69. The van der Waals surface area contributed by atoms with E-state index in [0.717, 1.165) is 24.2 Å². The SMILES string of the molecule is CC(C)CC(NC(=O)CN1C(=O)N(C)C2(CCCCC2)C1=O)C(=O)O. The highest BCUT2D eigenvalue weighted by molar-refractivity contribution is 6.09. The van der Waals surface area contributed by atoms with E-state index < -0.39 is 36.0 Å². The molecule has 0 aromatic rings. The van der Waals surface area contributed by atoms with Crippen molar-refractivity contribution in [2.45, 2.75) is 64.0 Å². The number of likely N-dealkylation sites (N-methyl/N-ethyl adjacent to an activating group) is 1. The predicted octanol–water partition coefficient (Wildman–Crippen LogP) is 1.20. The van der Waals surface area contributed by atoms with Crippen LogP contribution in [0, 0.1) is 5.92 Å². The number of carbonyl (C=O) groups is 4. The van der Waals surface area contributed by atoms with Crippen LogP contribution >= 0.6 is 0 Å². The first kappa shape index (κ1) is 19.2. The lowest BCUT2D eigenvalue weighted by molar-refractivity contribution is -0.142. The van der Waals surface area contributed by atoms with Gasteiger partial charge in [-0.1, -0.05) is 33.1 Å². The third kappa shape index (κ3) is 3.77. The van der Waals surface area contributed by atoms with Crippen LogP contribution in [-0.2, 0) is 14.4 Å². The molecule has 8 heteroatoms. The highest BCUT2D eigenvalue weighted by Crippen LogP contribution is 2.39. The molecule has 1 saturated heterocycles. The van der Waals surface area contributed by atoms with E-state index in [1.54, 1.807) is 7.05 Å². The van der Waals surface area contributed by atoms with E-state index in [0.29, 0.717) is 12.8 Å². The monoisotopic (exact) mass is 353 g/mol. The number of nitrogens with zero attached hydrogens (tertiary/aromatic N) is 2. The van der Waals surface area contributed by atoms with Gasteiger partial charge in [0.25, 0.3) is 5.91 Å². The Labute approximate surface area is 147 Å². The summed E-state index contributed by atoms with van der Waals surface area (Å²) in [5.74, 6) is -2.00. The van der Waals surface area contributed by atoms with Crippen molar-refractivity contribution in [3.63, 3.8) is 0 Å². The molecule has 0 aromatic heterocycles. The van der Waals surface area contributed by atoms with E-state index in [-0.39, 0.29) is 18.2 Å². The smallest absolute Gasteiger partial charge is 0.327 e. The Hall–Kier alpha value is -2.12. The zero-order valence-electron chi connectivity index (χ0n) is 15.1. The Morgan fingerprint density at radius 1 is 1.20 bits per heavy atom. The molecule has 140 valence electrons. The largest absolute Gasteiger partial charge is 0.480 e. The number of carbonyl (C=O) groups excluding carboxylic acids is 3. The lowest BCUT2D eigenvalue weighted by atomic mass is 9.81. The Bertz CT molecular complexity index is 569. The minimum atomic E-state index is -1.12. The molecule has 2 N–H and O–H groups in total. The number of carboxylic acid groups (broad SMARTS) is 1. The van der Waals surface area contributed by atoms with E-state index in [2.05, 4.69) is 5.32 Å². The fraction of sp³-hybridized carbons (Fsp3) is 0.765. The summed E-state index contributed by atoms with van der Waals surface area (Å²) in [6.45, 7) is 3.28. The maximum atomic E-state index is 12.8. The van der Waals surface area contributed by atoms with Gasteiger partial charge in [0.15, 0.2) is 0 Å². The summed E-state index contributed by atoms with van der Waals surface area (Å²) in [4.78, 5) is 51.1. The fourth-order valence-corrected chi connectivity index (χ4v) is 3.75. The van der Waals surface area contributed by atoms with Gasteiger partial charge in [-0.15, -0.1) is 0 Å². The molecule has 0 aromatic carbocycles. The minimum Gasteiger partial charge on any atom is -0.480 e. The van der Waals surface area contributed by atoms with Crippen LogP contribution in [0.5, 0.6) is 0 Å². The van der Waals surface area contributed by atoms with Crippen molar-refractivity contribution in [2.24, 2.45) is 5.92 Å². The number of amides is 4. The van der Waals surface area contributed by atoms with Crippen LogP contribution in [0.3, 0.4) is 0 Å². The van der Waals surface area contributed by atoms with Crippen molar-refractivity contribution < 1.29 is 24.3 Å². The van der Waals surface area contributed by atoms with E-state index >= 15 is 0 Å². The molecule has 2 fully saturated rings. The van der Waals surface area contributed by atoms with Gasteiger partial charge in [0.1, 0.15) is 18.1 Å². The highest BCUT2D eigenvalue weighted by Gasteiger charge is 2.55. The van der Waals surface area contributed by atoms with Gasteiger partial charge >= 0.3 is 12.0 Å². The molecule has 1 aliphatic carbocycles. The van der Waals surface area contributed by atoms with E-state index in [4.69, 9.17) is 0 Å². The van der Waals surface area contributed by atoms with Crippen LogP contribution in [0.4, 0.5) is 4.79 Å². The van der Waals surface area contributed by atoms with Crippen LogP contribution in [-0.4, -0.2) is 63.9 Å². The molecule has 8 nitrogen and oxygen atoms in total. The average Bonchev–Trinajstić information content (AvgIpc) is 2.71. The topological polar surface area (TPSA) is 107 Å². The number of hydrogen-bond acceptors (Lipinski definition) is 4. The van der Waals surface area contributed by atoms with Gasteiger partial charge in [0.05, 0.1) is 0 Å². The van der Waals surface area contributed by atoms with Crippen LogP contribution in [0.2, 0.25) is 0 Å². The molecule has 1 aliphatic heterocycles. The van der Waals surface area contributed by atoms with Crippen molar-refractivity contribution in [3.05, 3.63) is 0 Å². The molecule has 1 unspecified atom stereocenters. The molecule has 2 aliphatic rings. The summed E-state index contributed by atoms with van der Waals surface area (Å²) in [7, 11) is 1.60. The number of urea groups is 1. The summed E-state index contributed by atoms with van der Waals surface area (Å²) in [6, 6.07) is -1.51. The third-order valence-electron chi connectivity index (χ3n) is 5.13. The first-order valence-electron chi connectivity index (χ1n) is 8.81. The van der Waals surface area contributed by atoms with Crippen LogP contribution in [0.25, 0.3) is 0 Å². The summed E-state index contributed by atoms with van der Waals surface area (Å²) >= 11 is 0. The van der Waals surface area contributed by atoms with Gasteiger partial charge in [-0.25, -0.2) is 9.59 Å². The zero-order chi connectivity index (χ0) is 18.8. The maximum absolute atomic E-state index is 12.8. The molecule has 1 heterocycles. The van der Waals surface area contributed by atoms with Crippen molar-refractivity contribution >= 4 is 23.8 Å². The fourth-order valence-electron chi connectivity index (χ4n) is 3.75. The van der Waals surface area contributed by atoms with Crippen LogP contribution in [0.15, 0.2) is 0 Å². The maximum Gasteiger partial charge on any atom is 0.327 e. The molecular weight excluding hydrogens is 326 g/mol. The van der Waals surface area contributed by atoms with Crippen molar-refractivity contribution in [3.8, 4) is 0 Å². The quantitative estimate of drug-likeness (QED) is 0.698. The molecule has 25 heavy (non-hydrogen) atoms. The van der Waals surface area contributed by atoms with Gasteiger partial charge < -0.3 is 15.3 Å². The van der Waals surface area contributed by atoms with Crippen LogP contribution in [0.1, 0.15) is 52.4 Å². The van der Waals surface area contributed by atoms with Gasteiger partial charge in [-0.2, -0.15) is 0 Å². The molecule has 0 bridgehead atoms. The summed E-state index contributed by atoms with van der Waals surface area (Å²) in [5, 5.41) is 11.6. The van der Waals surface area contributed by atoms with E-state index in [9.17, 15) is 24.3 Å².